The predicted molar refractivity (Wildman–Crippen MR) is 239 cm³/mol. The number of aliphatic hydroxyl groups is 1. The second-order valence-corrected chi connectivity index (χ2v) is 25.7. The van der Waals surface area contributed by atoms with Crippen molar-refractivity contribution in [1.29, 1.82) is 5.26 Å². The number of aromatic amines is 2. The molecule has 6 N–H and O–H groups in total. The fourth-order valence-corrected chi connectivity index (χ4v) is 10.4. The second kappa shape index (κ2) is 19.6. The molecule has 1 unspecified atom stereocenters. The Morgan fingerprint density at radius 1 is 0.969 bits per heavy atom. The Kier molecular flexibility index (Phi) is 15.1. The summed E-state index contributed by atoms with van der Waals surface area (Å²) in [5, 5.41) is 29.1. The Morgan fingerprint density at radius 3 is 2.02 bits per heavy atom. The van der Waals surface area contributed by atoms with Gasteiger partial charge in [0.25, 0.3) is 17.8 Å². The van der Waals surface area contributed by atoms with E-state index in [0.717, 1.165) is 0 Å². The van der Waals surface area contributed by atoms with E-state index in [1.54, 1.807) is 32.3 Å². The van der Waals surface area contributed by atoms with Gasteiger partial charge in [0.2, 0.25) is 23.7 Å². The third-order valence-electron chi connectivity index (χ3n) is 11.2. The molecule has 0 bridgehead atoms. The Hall–Kier alpha value is -4.32. The molecular weight excluding hydrogens is 892 g/mol. The van der Waals surface area contributed by atoms with E-state index in [-0.39, 0.29) is 95.6 Å². The lowest BCUT2D eigenvalue weighted by atomic mass is 10.1. The van der Waals surface area contributed by atoms with Crippen LogP contribution in [-0.4, -0.2) is 122 Å². The van der Waals surface area contributed by atoms with E-state index in [1.165, 1.54) is 24.3 Å². The van der Waals surface area contributed by atoms with Crippen LogP contribution in [0.1, 0.15) is 73.8 Å². The minimum atomic E-state index is -3.61. The van der Waals surface area contributed by atoms with E-state index in [1.807, 2.05) is 0 Å². The highest BCUT2D eigenvalue weighted by atomic mass is 32.5. The van der Waals surface area contributed by atoms with E-state index in [4.69, 9.17) is 39.5 Å². The standard InChI is InChI=1S/C38H57N12O11PSSi/c1-19(2)30(52)44-36-42-28-25(32(54)46-36)40-17-49(28)34-22(51)14-21(59-34)15-58-62(63,57-13-11-12-39)48-24-23(16-56-8)60-35(27(24)61-64(9,10)38(5,6)7)50-18-41-26-29(50)43-37(47-33(26)55)45-31(53)20(3)4/h17-24,27,34-35,51H,11,13-16H2,1-10H3,(H,48,63)(H2,42,44,46,52,54)(H2,43,45,47,53,55)/t21-,22+,23+,24+,27+,34+,35+,62?/m0/s1. The average molecular weight is 949 g/mol. The fraction of sp³-hybridized carbons (Fsp3) is 0.658. The predicted octanol–water partition coefficient (Wildman–Crippen LogP) is 3.15. The van der Waals surface area contributed by atoms with E-state index < -0.39 is 69.0 Å². The SMILES string of the molecule is COC[C@H]1O[C@@H](n2cnc3c(=O)[nH]c(NC(=O)C(C)C)nc32)[C@H](O[Si](C)(C)C(C)(C)C)[C@@H]1NP(=S)(OCCC#N)OC[C@@H]1C[C@@H](O)[C@H](n2cnc3c(=O)[nH]c(NC(=O)C(C)C)nc32)O1. The minimum absolute atomic E-state index is 0.00426. The van der Waals surface area contributed by atoms with Gasteiger partial charge in [0, 0.05) is 25.4 Å². The Morgan fingerprint density at radius 2 is 1.52 bits per heavy atom. The van der Waals surface area contributed by atoms with Crippen LogP contribution in [0.25, 0.3) is 22.3 Å². The summed E-state index contributed by atoms with van der Waals surface area (Å²) in [5.74, 6) is -1.63. The number of hydrogen-bond donors (Lipinski definition) is 6. The van der Waals surface area contributed by atoms with Crippen LogP contribution in [0, 0.1) is 23.2 Å². The average Bonchev–Trinajstić information content (AvgIpc) is 3.99. The first-order valence-electron chi connectivity index (χ1n) is 20.8. The molecule has 2 fully saturated rings. The number of nitrogens with one attached hydrogen (secondary N) is 5. The van der Waals surface area contributed by atoms with Crippen molar-refractivity contribution in [3.8, 4) is 6.07 Å². The van der Waals surface area contributed by atoms with Crippen molar-refractivity contribution >= 4 is 72.8 Å². The van der Waals surface area contributed by atoms with E-state index in [2.05, 4.69) is 85.6 Å². The Labute approximate surface area is 374 Å². The number of H-pyrrole nitrogens is 2. The second-order valence-electron chi connectivity index (χ2n) is 17.8. The number of hydrogen-bond acceptors (Lipinski definition) is 17. The normalized spacial score (nSPS) is 23.8. The number of amides is 2. The van der Waals surface area contributed by atoms with Gasteiger partial charge in [-0.2, -0.15) is 15.2 Å². The molecule has 350 valence electrons. The van der Waals surface area contributed by atoms with Crippen molar-refractivity contribution in [3.63, 3.8) is 0 Å². The van der Waals surface area contributed by atoms with Crippen LogP contribution in [0.5, 0.6) is 0 Å². The van der Waals surface area contributed by atoms with Gasteiger partial charge in [-0.25, -0.2) is 15.1 Å². The molecule has 0 aromatic carbocycles. The molecule has 4 aromatic rings. The fourth-order valence-electron chi connectivity index (χ4n) is 6.71. The van der Waals surface area contributed by atoms with Crippen LogP contribution in [0.15, 0.2) is 22.2 Å². The summed E-state index contributed by atoms with van der Waals surface area (Å²) >= 11 is 6.16. The summed E-state index contributed by atoms with van der Waals surface area (Å²) in [5.41, 5.74) is -0.980. The number of nitrogens with zero attached hydrogens (tertiary/aromatic N) is 7. The first-order chi connectivity index (χ1) is 30.1. The highest BCUT2D eigenvalue weighted by Gasteiger charge is 2.53. The Balaban J connectivity index is 1.31. The smallest absolute Gasteiger partial charge is 0.280 e. The van der Waals surface area contributed by atoms with Gasteiger partial charge < -0.3 is 32.8 Å². The summed E-state index contributed by atoms with van der Waals surface area (Å²) in [4.78, 5) is 73.7. The van der Waals surface area contributed by atoms with E-state index >= 15 is 0 Å². The number of carbonyl (C=O) groups is 2. The molecule has 64 heavy (non-hydrogen) atoms. The van der Waals surface area contributed by atoms with Gasteiger partial charge in [-0.05, 0) is 29.9 Å². The van der Waals surface area contributed by atoms with Crippen molar-refractivity contribution in [2.24, 2.45) is 11.8 Å². The molecule has 23 nitrogen and oxygen atoms in total. The summed E-state index contributed by atoms with van der Waals surface area (Å²) < 4.78 is 41.4. The van der Waals surface area contributed by atoms with Gasteiger partial charge in [-0.3, -0.25) is 48.9 Å². The molecule has 2 aliphatic heterocycles. The molecule has 0 aliphatic carbocycles. The van der Waals surface area contributed by atoms with Crippen LogP contribution < -0.4 is 26.8 Å². The summed E-state index contributed by atoms with van der Waals surface area (Å²) in [6.07, 6.45) is -2.67. The molecule has 2 saturated heterocycles. The largest absolute Gasteiger partial charge is 0.408 e. The summed E-state index contributed by atoms with van der Waals surface area (Å²) in [6.45, 7) is 13.4. The maximum Gasteiger partial charge on any atom is 0.280 e. The van der Waals surface area contributed by atoms with Crippen molar-refractivity contribution in [2.45, 2.75) is 122 Å². The zero-order chi connectivity index (χ0) is 46.9. The zero-order valence-corrected chi connectivity index (χ0v) is 40.1. The highest BCUT2D eigenvalue weighted by molar-refractivity contribution is 8.09. The first kappa shape index (κ1) is 49.1. The van der Waals surface area contributed by atoms with Crippen LogP contribution in [-0.2, 0) is 49.1 Å². The number of ether oxygens (including phenoxy) is 3. The third-order valence-corrected chi connectivity index (χ3v) is 18.3. The molecular formula is C38H57N12O11PSSi. The summed E-state index contributed by atoms with van der Waals surface area (Å²) in [6, 6.07) is 1.27. The van der Waals surface area contributed by atoms with Gasteiger partial charge in [-0.1, -0.05) is 48.5 Å². The van der Waals surface area contributed by atoms with Gasteiger partial charge in [0.15, 0.2) is 43.1 Å². The maximum absolute atomic E-state index is 13.2. The minimum Gasteiger partial charge on any atom is -0.408 e. The molecule has 2 amide bonds. The van der Waals surface area contributed by atoms with Crippen LogP contribution >= 0.6 is 6.64 Å². The number of aromatic nitrogens is 8. The Bertz CT molecular complexity index is 2550. The van der Waals surface area contributed by atoms with Crippen LogP contribution in [0.2, 0.25) is 18.1 Å². The number of rotatable bonds is 18. The monoisotopic (exact) mass is 948 g/mol. The third kappa shape index (κ3) is 10.7. The number of methoxy groups -OCH3 is 1. The van der Waals surface area contributed by atoms with E-state index in [9.17, 15) is 29.5 Å². The number of carbonyl (C=O) groups excluding carboxylic acids is 2. The summed E-state index contributed by atoms with van der Waals surface area (Å²) in [7, 11) is -1.14. The number of aliphatic hydroxyl groups excluding tert-OH is 1. The number of fused-ring (bicyclic) bond motifs is 2. The first-order valence-corrected chi connectivity index (χ1v) is 26.4. The highest BCUT2D eigenvalue weighted by Crippen LogP contribution is 2.50. The molecule has 8 atom stereocenters. The molecule has 6 rings (SSSR count). The number of anilines is 2. The van der Waals surface area contributed by atoms with Crippen molar-refractivity contribution in [1.82, 2.24) is 44.1 Å². The van der Waals surface area contributed by atoms with Crippen LogP contribution in [0.3, 0.4) is 0 Å². The van der Waals surface area contributed by atoms with Crippen molar-refractivity contribution < 1.29 is 42.4 Å². The lowest BCUT2D eigenvalue weighted by molar-refractivity contribution is -0.119. The topological polar surface area (TPSA) is 297 Å². The van der Waals surface area contributed by atoms with Gasteiger partial charge in [-0.15, -0.1) is 0 Å². The molecule has 0 saturated carbocycles. The number of nitriles is 1. The molecule has 4 aromatic heterocycles. The quantitative estimate of drug-likeness (QED) is 0.0474. The number of imidazole rings is 2. The molecule has 0 spiro atoms. The lowest BCUT2D eigenvalue weighted by Gasteiger charge is -2.41. The van der Waals surface area contributed by atoms with Crippen molar-refractivity contribution in [2.75, 3.05) is 37.6 Å². The molecule has 26 heteroatoms. The van der Waals surface area contributed by atoms with E-state index in [0.29, 0.717) is 0 Å². The van der Waals surface area contributed by atoms with Gasteiger partial charge >= 0.3 is 0 Å². The molecule has 2 aliphatic rings. The zero-order valence-electron chi connectivity index (χ0n) is 37.4. The molecule has 0 radical (unpaired) electrons. The lowest BCUT2D eigenvalue weighted by Crippen LogP contribution is -2.52. The van der Waals surface area contributed by atoms with Crippen molar-refractivity contribution in [3.05, 3.63) is 33.4 Å². The van der Waals surface area contributed by atoms with Gasteiger partial charge in [0.05, 0.1) is 57.1 Å². The maximum atomic E-state index is 13.2. The molecule has 6 heterocycles. The van der Waals surface area contributed by atoms with Gasteiger partial charge in [0.1, 0.15) is 18.3 Å². The van der Waals surface area contributed by atoms with Crippen LogP contribution in [0.4, 0.5) is 11.9 Å².